The van der Waals surface area contributed by atoms with E-state index in [0.29, 0.717) is 15.6 Å². The number of amides is 1. The molecule has 0 bridgehead atoms. The van der Waals surface area contributed by atoms with Crippen molar-refractivity contribution < 1.29 is 24.5 Å². The van der Waals surface area contributed by atoms with E-state index >= 15 is 0 Å². The molecule has 0 fully saturated rings. The van der Waals surface area contributed by atoms with E-state index in [1.54, 1.807) is 44.2 Å². The van der Waals surface area contributed by atoms with Crippen LogP contribution in [0.3, 0.4) is 0 Å². The summed E-state index contributed by atoms with van der Waals surface area (Å²) < 4.78 is 0. The lowest BCUT2D eigenvalue weighted by atomic mass is 10.1. The Kier molecular flexibility index (Phi) is 11.2. The number of thiazole rings is 2. The summed E-state index contributed by atoms with van der Waals surface area (Å²) in [6, 6.07) is 9.45. The smallest absolute Gasteiger partial charge is 0.345 e. The second kappa shape index (κ2) is 14.1. The van der Waals surface area contributed by atoms with Gasteiger partial charge in [0.1, 0.15) is 12.4 Å². The molecule has 204 valence electrons. The molecule has 0 spiro atoms. The number of nitro groups is 2. The molecule has 4 aromatic rings. The van der Waals surface area contributed by atoms with Crippen molar-refractivity contribution in [2.45, 2.75) is 13.8 Å². The molecule has 0 saturated heterocycles. The van der Waals surface area contributed by atoms with E-state index in [4.69, 9.17) is 34.0 Å². The highest BCUT2D eigenvalue weighted by Gasteiger charge is 2.15. The van der Waals surface area contributed by atoms with Gasteiger partial charge < -0.3 is 10.8 Å². The van der Waals surface area contributed by atoms with Crippen LogP contribution in [-0.4, -0.2) is 36.8 Å². The van der Waals surface area contributed by atoms with Crippen molar-refractivity contribution >= 4 is 78.0 Å². The maximum Gasteiger partial charge on any atom is 0.345 e. The number of carboxylic acids is 1. The Balaban J connectivity index is 0.000000226. The van der Waals surface area contributed by atoms with E-state index in [0.717, 1.165) is 46.2 Å². The van der Waals surface area contributed by atoms with Crippen LogP contribution >= 0.6 is 45.9 Å². The molecule has 0 unspecified atom stereocenters. The van der Waals surface area contributed by atoms with Crippen molar-refractivity contribution in [2.75, 3.05) is 11.1 Å². The third kappa shape index (κ3) is 9.57. The van der Waals surface area contributed by atoms with Crippen LogP contribution in [0.1, 0.15) is 31.8 Å². The molecule has 2 heterocycles. The Labute approximate surface area is 238 Å². The quantitative estimate of drug-likeness (QED) is 0.170. The van der Waals surface area contributed by atoms with E-state index in [1.165, 1.54) is 6.07 Å². The number of anilines is 2. The molecule has 4 rings (SSSR count). The predicted octanol–water partition coefficient (Wildman–Crippen LogP) is 6.25. The van der Waals surface area contributed by atoms with Gasteiger partial charge in [-0.15, -0.1) is 0 Å². The lowest BCUT2D eigenvalue weighted by Crippen LogP contribution is -2.11. The molecule has 0 aliphatic heterocycles. The van der Waals surface area contributed by atoms with Gasteiger partial charge in [0.2, 0.25) is 0 Å². The van der Waals surface area contributed by atoms with Gasteiger partial charge in [-0.05, 0) is 84.0 Å². The number of nitrogen functional groups attached to an aromatic ring is 1. The number of carboxylic acid groups (broad SMARTS) is 1. The number of benzene rings is 2. The molecule has 0 aliphatic rings. The summed E-state index contributed by atoms with van der Waals surface area (Å²) in [4.78, 5) is 48.9. The molecule has 4 N–H and O–H groups in total. The van der Waals surface area contributed by atoms with E-state index in [2.05, 4.69) is 15.3 Å². The summed E-state index contributed by atoms with van der Waals surface area (Å²) in [6.45, 7) is 3.56. The molecule has 0 radical (unpaired) electrons. The number of carbonyl (C=O) groups is 2. The minimum atomic E-state index is -0.926. The fourth-order valence-electron chi connectivity index (χ4n) is 2.50. The van der Waals surface area contributed by atoms with Gasteiger partial charge in [-0.3, -0.25) is 30.3 Å². The first kappa shape index (κ1) is 31.0. The molecule has 13 nitrogen and oxygen atoms in total. The molecule has 1 amide bonds. The maximum atomic E-state index is 11.9. The number of aromatic nitrogens is 2. The maximum absolute atomic E-state index is 11.9. The summed E-state index contributed by atoms with van der Waals surface area (Å²) in [7, 11) is 0. The SMILES string of the molecule is Cc1cc(C(=O)Nc2ncc([N+](=O)[O-])s2)ccc1Cl.Cc1cc(C(=O)O)ccc1Cl.Nc1ncc([N+](=O)[O-])s1. The monoisotopic (exact) mass is 612 g/mol. The zero-order valence-electron chi connectivity index (χ0n) is 20.0. The largest absolute Gasteiger partial charge is 0.478 e. The van der Waals surface area contributed by atoms with Gasteiger partial charge in [0, 0.05) is 15.6 Å². The average Bonchev–Trinajstić information content (AvgIpc) is 3.52. The highest BCUT2D eigenvalue weighted by molar-refractivity contribution is 7.19. The van der Waals surface area contributed by atoms with E-state index in [9.17, 15) is 29.8 Å². The molecule has 0 atom stereocenters. The number of nitrogens with one attached hydrogen (secondary N) is 1. The first-order valence-corrected chi connectivity index (χ1v) is 12.7. The van der Waals surface area contributed by atoms with Crippen molar-refractivity contribution in [3.05, 3.63) is 101 Å². The molecule has 39 heavy (non-hydrogen) atoms. The Morgan fingerprint density at radius 2 is 1.38 bits per heavy atom. The van der Waals surface area contributed by atoms with Crippen LogP contribution in [0, 0.1) is 34.1 Å². The van der Waals surface area contributed by atoms with Gasteiger partial charge in [0.25, 0.3) is 5.91 Å². The Morgan fingerprint density at radius 1 is 0.897 bits per heavy atom. The lowest BCUT2D eigenvalue weighted by Gasteiger charge is -2.03. The summed E-state index contributed by atoms with van der Waals surface area (Å²) in [5, 5.41) is 32.9. The summed E-state index contributed by atoms with van der Waals surface area (Å²) >= 11 is 13.2. The van der Waals surface area contributed by atoms with Crippen molar-refractivity contribution in [3.8, 4) is 0 Å². The van der Waals surface area contributed by atoms with Crippen molar-refractivity contribution in [1.82, 2.24) is 9.97 Å². The second-order valence-corrected chi connectivity index (χ2v) is 10.1. The molecular weight excluding hydrogens is 595 g/mol. The molecular formula is C22H18Cl2N6O7S2. The fourth-order valence-corrected chi connectivity index (χ4v) is 3.87. The highest BCUT2D eigenvalue weighted by Crippen LogP contribution is 2.26. The van der Waals surface area contributed by atoms with E-state index < -0.39 is 15.8 Å². The first-order valence-electron chi connectivity index (χ1n) is 10.3. The van der Waals surface area contributed by atoms with E-state index in [1.807, 2.05) is 0 Å². The Bertz CT molecular complexity index is 1530. The summed E-state index contributed by atoms with van der Waals surface area (Å²) in [5.41, 5.74) is 7.37. The van der Waals surface area contributed by atoms with Gasteiger partial charge in [-0.1, -0.05) is 23.2 Å². The number of aromatic carboxylic acids is 1. The molecule has 0 aliphatic carbocycles. The van der Waals surface area contributed by atoms with Crippen LogP contribution in [0.15, 0.2) is 48.8 Å². The second-order valence-electron chi connectivity index (χ2n) is 7.24. The third-order valence-corrected chi connectivity index (χ3v) is 6.90. The first-order chi connectivity index (χ1) is 18.3. The number of carbonyl (C=O) groups excluding carboxylic acids is 1. The van der Waals surface area contributed by atoms with Crippen molar-refractivity contribution in [3.63, 3.8) is 0 Å². The summed E-state index contributed by atoms with van der Waals surface area (Å²) in [6.07, 6.45) is 2.24. The van der Waals surface area contributed by atoms with Crippen LogP contribution in [0.2, 0.25) is 10.0 Å². The highest BCUT2D eigenvalue weighted by atomic mass is 35.5. The third-order valence-electron chi connectivity index (χ3n) is 4.41. The minimum Gasteiger partial charge on any atom is -0.478 e. The molecule has 0 saturated carbocycles. The van der Waals surface area contributed by atoms with Gasteiger partial charge in [0.05, 0.1) is 15.4 Å². The lowest BCUT2D eigenvalue weighted by molar-refractivity contribution is -0.380. The van der Waals surface area contributed by atoms with E-state index in [-0.39, 0.29) is 31.7 Å². The Hall–Kier alpha value is -4.18. The van der Waals surface area contributed by atoms with Crippen LogP contribution in [0.25, 0.3) is 0 Å². The molecule has 2 aromatic heterocycles. The average molecular weight is 613 g/mol. The Morgan fingerprint density at radius 3 is 1.79 bits per heavy atom. The van der Waals surface area contributed by atoms with Crippen molar-refractivity contribution in [1.29, 1.82) is 0 Å². The zero-order chi connectivity index (χ0) is 29.3. The van der Waals surface area contributed by atoms with Crippen LogP contribution in [0.4, 0.5) is 20.3 Å². The normalized spacial score (nSPS) is 9.85. The van der Waals surface area contributed by atoms with Gasteiger partial charge in [0.15, 0.2) is 10.3 Å². The van der Waals surface area contributed by atoms with Crippen molar-refractivity contribution in [2.24, 2.45) is 0 Å². The van der Waals surface area contributed by atoms with Gasteiger partial charge >= 0.3 is 16.0 Å². The topological polar surface area (TPSA) is 204 Å². The number of nitrogens with two attached hydrogens (primary N) is 1. The fraction of sp³-hybridized carbons (Fsp3) is 0.0909. The molecule has 17 heteroatoms. The predicted molar refractivity (Wildman–Crippen MR) is 149 cm³/mol. The summed E-state index contributed by atoms with van der Waals surface area (Å²) in [5.74, 6) is -1.31. The van der Waals surface area contributed by atoms with Crippen LogP contribution < -0.4 is 11.1 Å². The molecule has 2 aromatic carbocycles. The van der Waals surface area contributed by atoms with Crippen LogP contribution in [0.5, 0.6) is 0 Å². The standard InChI is InChI=1S/C11H8ClN3O3S.C8H7ClO2.C3H3N3O2S/c1-6-4-7(2-3-8(6)12)10(16)14-11-13-5-9(19-11)15(17)18;1-5-4-6(8(10)11)2-3-7(5)9;4-3-5-1-2(9-3)6(7)8/h2-5H,1H3,(H,13,14,16);2-4H,1H3,(H,10,11);1H,(H2,4,5). The minimum absolute atomic E-state index is 0.0208. The van der Waals surface area contributed by atoms with Gasteiger partial charge in [-0.2, -0.15) is 0 Å². The number of halogens is 2. The van der Waals surface area contributed by atoms with Crippen LogP contribution in [-0.2, 0) is 0 Å². The van der Waals surface area contributed by atoms with Gasteiger partial charge in [-0.25, -0.2) is 14.8 Å². The zero-order valence-corrected chi connectivity index (χ0v) is 23.1. The number of hydrogen-bond donors (Lipinski definition) is 3. The number of nitrogens with zero attached hydrogens (tertiary/aromatic N) is 4. The number of aryl methyl sites for hydroxylation is 2. The number of rotatable bonds is 5. The number of hydrogen-bond acceptors (Lipinski definition) is 11.